The fourth-order valence-electron chi connectivity index (χ4n) is 1.27. The van der Waals surface area contributed by atoms with Gasteiger partial charge in [0.25, 0.3) is 0 Å². The third kappa shape index (κ3) is 7.80. The number of rotatable bonds is 8. The van der Waals surface area contributed by atoms with Gasteiger partial charge >= 0.3 is 5.97 Å². The average molecular weight is 199 g/mol. The number of carbonyl (C=O) groups is 1. The van der Waals surface area contributed by atoms with Crippen LogP contribution in [-0.4, -0.2) is 19.1 Å². The molecule has 0 aromatic heterocycles. The van der Waals surface area contributed by atoms with Crippen molar-refractivity contribution in [2.45, 2.75) is 44.6 Å². The van der Waals surface area contributed by atoms with Gasteiger partial charge in [-0.05, 0) is 19.3 Å². The van der Waals surface area contributed by atoms with Crippen LogP contribution in [-0.2, 0) is 9.53 Å². The number of hydrogen-bond donors (Lipinski definition) is 1. The van der Waals surface area contributed by atoms with Crippen LogP contribution < -0.4 is 5.73 Å². The van der Waals surface area contributed by atoms with Crippen molar-refractivity contribution in [2.24, 2.45) is 5.73 Å². The Morgan fingerprint density at radius 2 is 2.21 bits per heavy atom. The van der Waals surface area contributed by atoms with Crippen LogP contribution in [0.4, 0.5) is 0 Å². The predicted octanol–water partition coefficient (Wildman–Crippen LogP) is 2.01. The molecule has 0 heterocycles. The highest BCUT2D eigenvalue weighted by Crippen LogP contribution is 2.07. The summed E-state index contributed by atoms with van der Waals surface area (Å²) in [5, 5.41) is 0. The SMILES string of the molecule is C=CCCCCCC(N)CC(=O)OC. The van der Waals surface area contributed by atoms with Crippen LogP contribution in [0.3, 0.4) is 0 Å². The van der Waals surface area contributed by atoms with Gasteiger partial charge in [-0.15, -0.1) is 6.58 Å². The molecule has 0 aromatic carbocycles. The van der Waals surface area contributed by atoms with Gasteiger partial charge in [0.15, 0.2) is 0 Å². The van der Waals surface area contributed by atoms with E-state index in [4.69, 9.17) is 5.73 Å². The van der Waals surface area contributed by atoms with Crippen LogP contribution >= 0.6 is 0 Å². The summed E-state index contributed by atoms with van der Waals surface area (Å²) in [4.78, 5) is 10.8. The van der Waals surface area contributed by atoms with Crippen molar-refractivity contribution in [1.29, 1.82) is 0 Å². The molecule has 0 fully saturated rings. The van der Waals surface area contributed by atoms with E-state index in [-0.39, 0.29) is 12.0 Å². The molecule has 0 aromatic rings. The van der Waals surface area contributed by atoms with Crippen molar-refractivity contribution >= 4 is 5.97 Å². The fourth-order valence-corrected chi connectivity index (χ4v) is 1.27. The van der Waals surface area contributed by atoms with Crippen LogP contribution in [0.25, 0.3) is 0 Å². The van der Waals surface area contributed by atoms with Crippen molar-refractivity contribution in [3.05, 3.63) is 12.7 Å². The standard InChI is InChI=1S/C11H21NO2/c1-3-4-5-6-7-8-10(12)9-11(13)14-2/h3,10H,1,4-9,12H2,2H3. The fraction of sp³-hybridized carbons (Fsp3) is 0.727. The minimum Gasteiger partial charge on any atom is -0.469 e. The molecule has 0 spiro atoms. The van der Waals surface area contributed by atoms with Gasteiger partial charge in [0.2, 0.25) is 0 Å². The topological polar surface area (TPSA) is 52.3 Å². The molecule has 0 saturated carbocycles. The normalized spacial score (nSPS) is 12.1. The largest absolute Gasteiger partial charge is 0.469 e. The maximum atomic E-state index is 10.8. The van der Waals surface area contributed by atoms with Gasteiger partial charge in [-0.3, -0.25) is 4.79 Å². The Kier molecular flexibility index (Phi) is 8.24. The van der Waals surface area contributed by atoms with Gasteiger partial charge in [-0.25, -0.2) is 0 Å². The molecule has 2 N–H and O–H groups in total. The summed E-state index contributed by atoms with van der Waals surface area (Å²) >= 11 is 0. The highest BCUT2D eigenvalue weighted by atomic mass is 16.5. The van der Waals surface area contributed by atoms with Crippen LogP contribution in [0.15, 0.2) is 12.7 Å². The van der Waals surface area contributed by atoms with E-state index in [1.165, 1.54) is 7.11 Å². The van der Waals surface area contributed by atoms with Crippen molar-refractivity contribution < 1.29 is 9.53 Å². The molecule has 82 valence electrons. The molecule has 1 unspecified atom stereocenters. The van der Waals surface area contributed by atoms with Crippen LogP contribution in [0, 0.1) is 0 Å². The summed E-state index contributed by atoms with van der Waals surface area (Å²) in [5.74, 6) is -0.219. The number of hydrogen-bond acceptors (Lipinski definition) is 3. The van der Waals surface area contributed by atoms with E-state index in [0.717, 1.165) is 32.1 Å². The van der Waals surface area contributed by atoms with E-state index in [2.05, 4.69) is 11.3 Å². The van der Waals surface area contributed by atoms with E-state index in [9.17, 15) is 4.79 Å². The molecule has 0 bridgehead atoms. The molecule has 0 aliphatic rings. The van der Waals surface area contributed by atoms with Crippen molar-refractivity contribution in [2.75, 3.05) is 7.11 Å². The predicted molar refractivity (Wildman–Crippen MR) is 57.9 cm³/mol. The quantitative estimate of drug-likeness (QED) is 0.369. The Hall–Kier alpha value is -0.830. The second-order valence-corrected chi connectivity index (χ2v) is 3.47. The van der Waals surface area contributed by atoms with E-state index in [1.54, 1.807) is 0 Å². The first kappa shape index (κ1) is 13.2. The van der Waals surface area contributed by atoms with Gasteiger partial charge in [0.1, 0.15) is 0 Å². The van der Waals surface area contributed by atoms with Crippen molar-refractivity contribution in [3.63, 3.8) is 0 Å². The highest BCUT2D eigenvalue weighted by Gasteiger charge is 2.08. The summed E-state index contributed by atoms with van der Waals surface area (Å²) in [7, 11) is 1.39. The summed E-state index contributed by atoms with van der Waals surface area (Å²) in [6, 6.07) is -0.0498. The van der Waals surface area contributed by atoms with Gasteiger partial charge < -0.3 is 10.5 Å². The Morgan fingerprint density at radius 1 is 1.50 bits per heavy atom. The smallest absolute Gasteiger partial charge is 0.307 e. The molecular formula is C11H21NO2. The van der Waals surface area contributed by atoms with Gasteiger partial charge in [0, 0.05) is 6.04 Å². The molecule has 0 rings (SSSR count). The number of nitrogens with two attached hydrogens (primary N) is 1. The van der Waals surface area contributed by atoms with Crippen LogP contribution in [0.2, 0.25) is 0 Å². The number of methoxy groups -OCH3 is 1. The van der Waals surface area contributed by atoms with Gasteiger partial charge in [0.05, 0.1) is 13.5 Å². The number of ether oxygens (including phenoxy) is 1. The summed E-state index contributed by atoms with van der Waals surface area (Å²) in [5.41, 5.74) is 5.74. The van der Waals surface area contributed by atoms with E-state index in [1.807, 2.05) is 6.08 Å². The lowest BCUT2D eigenvalue weighted by atomic mass is 10.1. The minimum atomic E-state index is -0.219. The average Bonchev–Trinajstić information content (AvgIpc) is 2.17. The van der Waals surface area contributed by atoms with Crippen LogP contribution in [0.5, 0.6) is 0 Å². The molecule has 3 nitrogen and oxygen atoms in total. The maximum absolute atomic E-state index is 10.8. The second kappa shape index (κ2) is 8.75. The van der Waals surface area contributed by atoms with Crippen molar-refractivity contribution in [1.82, 2.24) is 0 Å². The Morgan fingerprint density at radius 3 is 2.79 bits per heavy atom. The molecule has 1 atom stereocenters. The zero-order valence-corrected chi connectivity index (χ0v) is 9.00. The monoisotopic (exact) mass is 199 g/mol. The molecule has 0 aliphatic carbocycles. The lowest BCUT2D eigenvalue weighted by molar-refractivity contribution is -0.141. The number of allylic oxidation sites excluding steroid dienone is 1. The van der Waals surface area contributed by atoms with E-state index >= 15 is 0 Å². The first-order valence-corrected chi connectivity index (χ1v) is 5.14. The minimum absolute atomic E-state index is 0.0498. The third-order valence-electron chi connectivity index (χ3n) is 2.14. The lowest BCUT2D eigenvalue weighted by Crippen LogP contribution is -2.24. The van der Waals surface area contributed by atoms with E-state index in [0.29, 0.717) is 6.42 Å². The van der Waals surface area contributed by atoms with Gasteiger partial charge in [-0.2, -0.15) is 0 Å². The first-order chi connectivity index (χ1) is 6.70. The maximum Gasteiger partial charge on any atom is 0.307 e. The Balaban J connectivity index is 3.30. The first-order valence-electron chi connectivity index (χ1n) is 5.14. The Labute approximate surface area is 86.3 Å². The molecule has 3 heteroatoms. The summed E-state index contributed by atoms with van der Waals surface area (Å²) in [6.45, 7) is 3.66. The molecule has 0 aliphatic heterocycles. The zero-order valence-electron chi connectivity index (χ0n) is 9.00. The molecule has 14 heavy (non-hydrogen) atoms. The summed E-state index contributed by atoms with van der Waals surface area (Å²) in [6.07, 6.45) is 7.60. The number of carbonyl (C=O) groups excluding carboxylic acids is 1. The van der Waals surface area contributed by atoms with Crippen LogP contribution in [0.1, 0.15) is 38.5 Å². The lowest BCUT2D eigenvalue weighted by Gasteiger charge is -2.09. The zero-order chi connectivity index (χ0) is 10.8. The summed E-state index contributed by atoms with van der Waals surface area (Å²) < 4.78 is 4.53. The Bertz CT molecular complexity index is 169. The molecule has 0 saturated heterocycles. The van der Waals surface area contributed by atoms with Gasteiger partial charge in [-0.1, -0.05) is 18.9 Å². The number of unbranched alkanes of at least 4 members (excludes halogenated alkanes) is 3. The highest BCUT2D eigenvalue weighted by molar-refractivity contribution is 5.69. The third-order valence-corrected chi connectivity index (χ3v) is 2.14. The van der Waals surface area contributed by atoms with E-state index < -0.39 is 0 Å². The molecule has 0 radical (unpaired) electrons. The second-order valence-electron chi connectivity index (χ2n) is 3.47. The van der Waals surface area contributed by atoms with Crippen molar-refractivity contribution in [3.8, 4) is 0 Å². The molecular weight excluding hydrogens is 178 g/mol. The number of esters is 1. The molecule has 0 amide bonds.